The van der Waals surface area contributed by atoms with Crippen molar-refractivity contribution in [1.82, 2.24) is 9.44 Å². The number of hydrogen-bond acceptors (Lipinski definition) is 3. The second-order valence-corrected chi connectivity index (χ2v) is 10.3. The number of nitrogens with one attached hydrogen (secondary N) is 2. The summed E-state index contributed by atoms with van der Waals surface area (Å²) in [6.07, 6.45) is 0. The van der Waals surface area contributed by atoms with Crippen LogP contribution in [0.2, 0.25) is 0 Å². The maximum atomic E-state index is 12.1. The first-order valence-corrected chi connectivity index (χ1v) is 9.08. The van der Waals surface area contributed by atoms with Gasteiger partial charge in [0.1, 0.15) is 30.4 Å². The minimum Gasteiger partial charge on any atom is -0.237 e. The Balaban J connectivity index is 2.77. The van der Waals surface area contributed by atoms with Gasteiger partial charge >= 0.3 is 0 Å². The molecule has 1 heterocycles. The Hall–Kier alpha value is -0.0800. The molecule has 7 heteroatoms. The predicted octanol–water partition coefficient (Wildman–Crippen LogP) is 2.57. The van der Waals surface area contributed by atoms with E-state index in [4.69, 9.17) is 0 Å². The monoisotopic (exact) mass is 322 g/mol. The van der Waals surface area contributed by atoms with Gasteiger partial charge in [-0.05, 0) is 53.7 Å². The molecule has 0 aliphatic heterocycles. The Bertz CT molecular complexity index is 441. The third-order valence-corrected chi connectivity index (χ3v) is 6.40. The number of rotatable bonds is 4. The van der Waals surface area contributed by atoms with Crippen molar-refractivity contribution in [3.05, 3.63) is 12.1 Å². The van der Waals surface area contributed by atoms with Gasteiger partial charge in [-0.15, -0.1) is 11.3 Å². The fraction of sp³-hybridized carbons (Fsp3) is 0.667. The number of thiophene rings is 1. The van der Waals surface area contributed by atoms with E-state index in [0.717, 1.165) is 0 Å². The Morgan fingerprint density at radius 3 is 1.42 bits per heavy atom. The predicted molar refractivity (Wildman–Crippen MR) is 82.9 cm³/mol. The van der Waals surface area contributed by atoms with Gasteiger partial charge in [-0.2, -0.15) is 0 Å². The van der Waals surface area contributed by atoms with E-state index in [1.807, 2.05) is 41.5 Å². The average Bonchev–Trinajstić information content (AvgIpc) is 2.60. The van der Waals surface area contributed by atoms with Crippen molar-refractivity contribution in [2.45, 2.75) is 61.0 Å². The summed E-state index contributed by atoms with van der Waals surface area (Å²) in [5.74, 6) is 0. The van der Waals surface area contributed by atoms with Crippen molar-refractivity contribution in [2.24, 2.45) is 0 Å². The van der Waals surface area contributed by atoms with Gasteiger partial charge in [-0.3, -0.25) is 0 Å². The van der Waals surface area contributed by atoms with Crippen LogP contribution >= 0.6 is 11.3 Å². The Morgan fingerprint density at radius 2 is 1.16 bits per heavy atom. The summed E-state index contributed by atoms with van der Waals surface area (Å²) in [6.45, 7) is 11.7. The SMILES string of the molecule is CC(C)(C)NS(=O)c1ccc(S(=O)NC(C)(C)C)s1. The lowest BCUT2D eigenvalue weighted by Gasteiger charge is -2.19. The molecule has 1 rings (SSSR count). The van der Waals surface area contributed by atoms with Crippen molar-refractivity contribution in [2.75, 3.05) is 0 Å². The van der Waals surface area contributed by atoms with Gasteiger partial charge in [0, 0.05) is 11.1 Å². The van der Waals surface area contributed by atoms with E-state index < -0.39 is 22.0 Å². The highest BCUT2D eigenvalue weighted by Crippen LogP contribution is 2.23. The molecule has 0 aliphatic rings. The molecule has 0 saturated heterocycles. The van der Waals surface area contributed by atoms with Crippen LogP contribution < -0.4 is 9.44 Å². The zero-order valence-corrected chi connectivity index (χ0v) is 14.6. The summed E-state index contributed by atoms with van der Waals surface area (Å²) in [6, 6.07) is 3.52. The topological polar surface area (TPSA) is 58.2 Å². The molecule has 0 spiro atoms. The van der Waals surface area contributed by atoms with Gasteiger partial charge in [0.2, 0.25) is 0 Å². The van der Waals surface area contributed by atoms with Crippen molar-refractivity contribution < 1.29 is 8.42 Å². The fourth-order valence-corrected chi connectivity index (χ4v) is 4.88. The molecular weight excluding hydrogens is 300 g/mol. The lowest BCUT2D eigenvalue weighted by Crippen LogP contribution is -2.37. The molecular formula is C12H22N2O2S3. The summed E-state index contributed by atoms with van der Waals surface area (Å²) in [5, 5.41) is 0. The quantitative estimate of drug-likeness (QED) is 0.895. The molecule has 19 heavy (non-hydrogen) atoms. The molecule has 0 bridgehead atoms. The van der Waals surface area contributed by atoms with Crippen LogP contribution in [-0.4, -0.2) is 19.5 Å². The Kier molecular flexibility index (Phi) is 5.48. The minimum atomic E-state index is -1.27. The molecule has 0 fully saturated rings. The minimum absolute atomic E-state index is 0.224. The van der Waals surface area contributed by atoms with Gasteiger partial charge in [0.15, 0.2) is 0 Å². The lowest BCUT2D eigenvalue weighted by atomic mass is 10.1. The molecule has 2 unspecified atom stereocenters. The molecule has 0 amide bonds. The summed E-state index contributed by atoms with van der Waals surface area (Å²) in [4.78, 5) is 0. The van der Waals surface area contributed by atoms with E-state index in [2.05, 4.69) is 9.44 Å². The van der Waals surface area contributed by atoms with Gasteiger partial charge in [0.25, 0.3) is 0 Å². The molecule has 0 saturated carbocycles. The zero-order chi connectivity index (χ0) is 14.8. The molecule has 1 aromatic rings. The first-order chi connectivity index (χ1) is 8.48. The average molecular weight is 323 g/mol. The first kappa shape index (κ1) is 17.0. The largest absolute Gasteiger partial charge is 0.237 e. The second-order valence-electron chi connectivity index (χ2n) is 6.32. The number of hydrogen-bond donors (Lipinski definition) is 2. The standard InChI is InChI=1S/C12H22N2O2S3/c1-11(2,3)13-18(15)9-7-8-10(17-9)19(16)14-12(4,5)6/h7-8,13-14H,1-6H3. The lowest BCUT2D eigenvalue weighted by molar-refractivity contribution is 0.519. The highest BCUT2D eigenvalue weighted by atomic mass is 32.2. The highest BCUT2D eigenvalue weighted by molar-refractivity contribution is 7.88. The van der Waals surface area contributed by atoms with E-state index in [9.17, 15) is 8.42 Å². The fourth-order valence-electron chi connectivity index (χ4n) is 1.16. The van der Waals surface area contributed by atoms with Crippen LogP contribution in [-0.2, 0) is 22.0 Å². The van der Waals surface area contributed by atoms with E-state index in [-0.39, 0.29) is 11.1 Å². The van der Waals surface area contributed by atoms with Crippen LogP contribution in [0, 0.1) is 0 Å². The van der Waals surface area contributed by atoms with Gasteiger partial charge < -0.3 is 0 Å². The van der Waals surface area contributed by atoms with Crippen LogP contribution in [0.3, 0.4) is 0 Å². The maximum Gasteiger partial charge on any atom is 0.135 e. The first-order valence-electron chi connectivity index (χ1n) is 5.97. The van der Waals surface area contributed by atoms with E-state index in [1.54, 1.807) is 12.1 Å². The van der Waals surface area contributed by atoms with Gasteiger partial charge in [-0.25, -0.2) is 17.9 Å². The van der Waals surface area contributed by atoms with Crippen molar-refractivity contribution >= 4 is 33.3 Å². The van der Waals surface area contributed by atoms with Crippen LogP contribution in [0.5, 0.6) is 0 Å². The van der Waals surface area contributed by atoms with Gasteiger partial charge in [-0.1, -0.05) is 0 Å². The van der Waals surface area contributed by atoms with Crippen LogP contribution in [0.4, 0.5) is 0 Å². The smallest absolute Gasteiger partial charge is 0.135 e. The summed E-state index contributed by atoms with van der Waals surface area (Å²) in [7, 11) is -2.53. The Labute approximate surface area is 124 Å². The van der Waals surface area contributed by atoms with Crippen LogP contribution in [0.1, 0.15) is 41.5 Å². The highest BCUT2D eigenvalue weighted by Gasteiger charge is 2.19. The Morgan fingerprint density at radius 1 is 0.842 bits per heavy atom. The summed E-state index contributed by atoms with van der Waals surface area (Å²) in [5.41, 5.74) is -0.449. The van der Waals surface area contributed by atoms with Crippen molar-refractivity contribution in [3.63, 3.8) is 0 Å². The van der Waals surface area contributed by atoms with Crippen LogP contribution in [0.25, 0.3) is 0 Å². The second kappa shape index (κ2) is 6.13. The molecule has 2 N–H and O–H groups in total. The zero-order valence-electron chi connectivity index (χ0n) is 12.2. The van der Waals surface area contributed by atoms with E-state index in [1.165, 1.54) is 11.3 Å². The van der Waals surface area contributed by atoms with Gasteiger partial charge in [0.05, 0.1) is 0 Å². The van der Waals surface area contributed by atoms with Crippen molar-refractivity contribution in [1.29, 1.82) is 0 Å². The third kappa shape index (κ3) is 6.27. The normalized spacial score (nSPS) is 16.3. The maximum absolute atomic E-state index is 12.1. The molecule has 0 aliphatic carbocycles. The molecule has 110 valence electrons. The summed E-state index contributed by atoms with van der Waals surface area (Å²) >= 11 is 1.31. The molecule has 2 atom stereocenters. The van der Waals surface area contributed by atoms with E-state index in [0.29, 0.717) is 8.42 Å². The summed E-state index contributed by atoms with van der Waals surface area (Å²) < 4.78 is 31.5. The van der Waals surface area contributed by atoms with Crippen molar-refractivity contribution in [3.8, 4) is 0 Å². The third-order valence-electron chi connectivity index (χ3n) is 1.72. The van der Waals surface area contributed by atoms with E-state index >= 15 is 0 Å². The molecule has 0 aromatic carbocycles. The molecule has 1 aromatic heterocycles. The molecule has 4 nitrogen and oxygen atoms in total. The molecule has 0 radical (unpaired) electrons. The van der Waals surface area contributed by atoms with Crippen LogP contribution in [0.15, 0.2) is 20.6 Å².